The Balaban J connectivity index is 1.47. The van der Waals surface area contributed by atoms with Crippen molar-refractivity contribution in [3.8, 4) is 5.75 Å². The molecule has 1 amide bonds. The Kier molecular flexibility index (Phi) is 6.79. The number of aromatic nitrogens is 4. The fourth-order valence-electron chi connectivity index (χ4n) is 3.54. The van der Waals surface area contributed by atoms with E-state index in [2.05, 4.69) is 15.4 Å². The first kappa shape index (κ1) is 24.3. The number of alkyl halides is 3. The Labute approximate surface area is 201 Å². The minimum Gasteiger partial charge on any atom is -0.496 e. The largest absolute Gasteiger partial charge is 0.496 e. The minimum atomic E-state index is -4.47. The zero-order valence-corrected chi connectivity index (χ0v) is 19.1. The molecule has 0 aliphatic rings. The number of halogens is 4. The summed E-state index contributed by atoms with van der Waals surface area (Å²) in [5, 5.41) is 7.50. The van der Waals surface area contributed by atoms with E-state index >= 15 is 0 Å². The lowest BCUT2D eigenvalue weighted by molar-refractivity contribution is -0.137. The van der Waals surface area contributed by atoms with Crippen LogP contribution in [0.5, 0.6) is 5.75 Å². The third-order valence-corrected chi connectivity index (χ3v) is 5.48. The zero-order chi connectivity index (χ0) is 25.2. The number of methoxy groups -OCH3 is 1. The number of carbonyl (C=O) groups excluding carboxylic acids is 1. The van der Waals surface area contributed by atoms with E-state index < -0.39 is 23.2 Å². The third-order valence-electron chi connectivity index (χ3n) is 5.24. The average molecular weight is 506 g/mol. The fraction of sp³-hybridized carbons (Fsp3) is 0.217. The highest BCUT2D eigenvalue weighted by molar-refractivity contribution is 6.31. The standard InChI is InChI=1S/C23H19ClF3N5O3/c1-35-19-6-5-16(24)10-17(19)21(33)28-7-8-32-20-18(11-30-32)22(34)31(13-29-20)12-14-3-2-4-15(9-14)23(25,26)27/h2-6,9-11,13H,7-8,12H2,1H3,(H,28,33). The summed E-state index contributed by atoms with van der Waals surface area (Å²) in [6, 6.07) is 9.46. The monoisotopic (exact) mass is 505 g/mol. The van der Waals surface area contributed by atoms with Crippen molar-refractivity contribution in [1.82, 2.24) is 24.6 Å². The molecule has 0 bridgehead atoms. The summed E-state index contributed by atoms with van der Waals surface area (Å²) < 4.78 is 46.8. The van der Waals surface area contributed by atoms with Crippen LogP contribution in [0.1, 0.15) is 21.5 Å². The molecule has 2 aromatic heterocycles. The van der Waals surface area contributed by atoms with Gasteiger partial charge in [0.1, 0.15) is 17.5 Å². The Morgan fingerprint density at radius 2 is 2.00 bits per heavy atom. The second-order valence-electron chi connectivity index (χ2n) is 7.58. The summed E-state index contributed by atoms with van der Waals surface area (Å²) in [4.78, 5) is 29.6. The zero-order valence-electron chi connectivity index (χ0n) is 18.3. The van der Waals surface area contributed by atoms with Gasteiger partial charge in [0, 0.05) is 11.6 Å². The van der Waals surface area contributed by atoms with E-state index in [0.29, 0.717) is 22.0 Å². The van der Waals surface area contributed by atoms with Crippen molar-refractivity contribution in [2.75, 3.05) is 13.7 Å². The highest BCUT2D eigenvalue weighted by atomic mass is 35.5. The molecule has 0 aliphatic heterocycles. The molecule has 0 aliphatic carbocycles. The molecule has 182 valence electrons. The van der Waals surface area contributed by atoms with E-state index in [4.69, 9.17) is 16.3 Å². The second kappa shape index (κ2) is 9.79. The van der Waals surface area contributed by atoms with Gasteiger partial charge in [-0.1, -0.05) is 23.7 Å². The maximum Gasteiger partial charge on any atom is 0.416 e. The fourth-order valence-corrected chi connectivity index (χ4v) is 3.72. The van der Waals surface area contributed by atoms with Gasteiger partial charge in [0.05, 0.1) is 37.5 Å². The Bertz CT molecular complexity index is 1450. The van der Waals surface area contributed by atoms with Crippen LogP contribution in [0.25, 0.3) is 11.0 Å². The van der Waals surface area contributed by atoms with Gasteiger partial charge < -0.3 is 10.1 Å². The minimum absolute atomic E-state index is 0.0750. The van der Waals surface area contributed by atoms with Gasteiger partial charge in [-0.2, -0.15) is 18.3 Å². The number of hydrogen-bond donors (Lipinski definition) is 1. The van der Waals surface area contributed by atoms with Crippen LogP contribution in [0.15, 0.2) is 59.8 Å². The molecule has 2 heterocycles. The molecule has 12 heteroatoms. The highest BCUT2D eigenvalue weighted by Gasteiger charge is 2.30. The van der Waals surface area contributed by atoms with Crippen molar-refractivity contribution < 1.29 is 22.7 Å². The number of ether oxygens (including phenoxy) is 1. The van der Waals surface area contributed by atoms with Crippen LogP contribution in [-0.2, 0) is 19.3 Å². The molecule has 8 nitrogen and oxygen atoms in total. The first-order valence-corrected chi connectivity index (χ1v) is 10.7. The Morgan fingerprint density at radius 3 is 2.74 bits per heavy atom. The summed E-state index contributed by atoms with van der Waals surface area (Å²) in [5.74, 6) is -0.0170. The second-order valence-corrected chi connectivity index (χ2v) is 8.02. The van der Waals surface area contributed by atoms with Crippen LogP contribution < -0.4 is 15.6 Å². The van der Waals surface area contributed by atoms with E-state index in [9.17, 15) is 22.8 Å². The average Bonchev–Trinajstić information content (AvgIpc) is 3.24. The van der Waals surface area contributed by atoms with Crippen molar-refractivity contribution in [3.63, 3.8) is 0 Å². The number of carbonyl (C=O) groups is 1. The van der Waals surface area contributed by atoms with Crippen molar-refractivity contribution in [3.05, 3.63) is 87.1 Å². The van der Waals surface area contributed by atoms with E-state index in [-0.39, 0.29) is 30.6 Å². The number of amides is 1. The van der Waals surface area contributed by atoms with E-state index in [1.165, 1.54) is 47.1 Å². The summed E-state index contributed by atoms with van der Waals surface area (Å²) in [6.45, 7) is 0.330. The molecule has 0 spiro atoms. The number of nitrogens with zero attached hydrogens (tertiary/aromatic N) is 4. The summed E-state index contributed by atoms with van der Waals surface area (Å²) in [5.41, 5.74) is -0.339. The van der Waals surface area contributed by atoms with Crippen LogP contribution >= 0.6 is 11.6 Å². The van der Waals surface area contributed by atoms with E-state index in [1.54, 1.807) is 12.1 Å². The SMILES string of the molecule is COc1ccc(Cl)cc1C(=O)NCCn1ncc2c(=O)n(Cc3cccc(C(F)(F)F)c3)cnc21. The molecule has 35 heavy (non-hydrogen) atoms. The molecule has 4 aromatic rings. The highest BCUT2D eigenvalue weighted by Crippen LogP contribution is 2.29. The van der Waals surface area contributed by atoms with Gasteiger partial charge in [0.2, 0.25) is 0 Å². The van der Waals surface area contributed by atoms with Crippen molar-refractivity contribution in [1.29, 1.82) is 0 Å². The smallest absolute Gasteiger partial charge is 0.416 e. The van der Waals surface area contributed by atoms with E-state index in [1.807, 2.05) is 0 Å². The quantitative estimate of drug-likeness (QED) is 0.413. The van der Waals surface area contributed by atoms with Gasteiger partial charge in [-0.25, -0.2) is 9.67 Å². The number of rotatable bonds is 7. The predicted octanol–water partition coefficient (Wildman–Crippen LogP) is 3.75. The summed E-state index contributed by atoms with van der Waals surface area (Å²) in [6.07, 6.45) is -1.87. The van der Waals surface area contributed by atoms with Crippen LogP contribution in [0.2, 0.25) is 5.02 Å². The summed E-state index contributed by atoms with van der Waals surface area (Å²) >= 11 is 5.97. The molecule has 4 rings (SSSR count). The number of fused-ring (bicyclic) bond motifs is 1. The molecular formula is C23H19ClF3N5O3. The van der Waals surface area contributed by atoms with Gasteiger partial charge in [-0.3, -0.25) is 14.2 Å². The van der Waals surface area contributed by atoms with Crippen molar-refractivity contribution >= 4 is 28.5 Å². The Hall–Kier alpha value is -3.86. The normalized spacial score (nSPS) is 11.6. The number of hydrogen-bond acceptors (Lipinski definition) is 5. The summed E-state index contributed by atoms with van der Waals surface area (Å²) in [7, 11) is 1.45. The van der Waals surface area contributed by atoms with Crippen LogP contribution in [0.3, 0.4) is 0 Å². The van der Waals surface area contributed by atoms with Gasteiger partial charge >= 0.3 is 6.18 Å². The van der Waals surface area contributed by atoms with Crippen molar-refractivity contribution in [2.24, 2.45) is 0 Å². The van der Waals surface area contributed by atoms with Gasteiger partial charge in [-0.05, 0) is 35.9 Å². The van der Waals surface area contributed by atoms with Crippen LogP contribution in [0.4, 0.5) is 13.2 Å². The molecule has 0 fully saturated rings. The number of benzene rings is 2. The molecule has 0 unspecified atom stereocenters. The molecule has 0 saturated carbocycles. The third kappa shape index (κ3) is 5.29. The lowest BCUT2D eigenvalue weighted by atomic mass is 10.1. The van der Waals surface area contributed by atoms with Gasteiger partial charge in [0.15, 0.2) is 5.65 Å². The topological polar surface area (TPSA) is 91.0 Å². The van der Waals surface area contributed by atoms with E-state index in [0.717, 1.165) is 12.1 Å². The molecular weight excluding hydrogens is 487 g/mol. The van der Waals surface area contributed by atoms with Crippen LogP contribution in [-0.4, -0.2) is 38.9 Å². The van der Waals surface area contributed by atoms with Gasteiger partial charge in [-0.15, -0.1) is 0 Å². The Morgan fingerprint density at radius 1 is 1.20 bits per heavy atom. The number of nitrogens with one attached hydrogen (secondary N) is 1. The van der Waals surface area contributed by atoms with Crippen molar-refractivity contribution in [2.45, 2.75) is 19.3 Å². The molecule has 2 aromatic carbocycles. The lowest BCUT2D eigenvalue weighted by Gasteiger charge is -2.11. The first-order chi connectivity index (χ1) is 16.7. The first-order valence-electron chi connectivity index (χ1n) is 10.4. The molecule has 1 N–H and O–H groups in total. The predicted molar refractivity (Wildman–Crippen MR) is 123 cm³/mol. The molecule has 0 saturated heterocycles. The maximum absolute atomic E-state index is 13.0. The molecule has 0 atom stereocenters. The molecule has 0 radical (unpaired) electrons. The van der Waals surface area contributed by atoms with Gasteiger partial charge in [0.25, 0.3) is 11.5 Å². The maximum atomic E-state index is 13.0. The van der Waals surface area contributed by atoms with Crippen LogP contribution in [0, 0.1) is 0 Å². The lowest BCUT2D eigenvalue weighted by Crippen LogP contribution is -2.28.